The van der Waals surface area contributed by atoms with Gasteiger partial charge in [-0.1, -0.05) is 6.42 Å². The molecule has 134 valence electrons. The second kappa shape index (κ2) is 6.71. The largest absolute Gasteiger partial charge is 0.340 e. The molecule has 2 aliphatic heterocycles. The average molecular weight is 348 g/mol. The van der Waals surface area contributed by atoms with E-state index in [1.165, 1.54) is 25.6 Å². The molecule has 7 heteroatoms. The van der Waals surface area contributed by atoms with E-state index in [-0.39, 0.29) is 5.91 Å². The SMILES string of the molecule is O=C(CCn1cnc2cc(F)c(F)cc21)N1CCN2CCCCC2C1. The zero-order valence-corrected chi connectivity index (χ0v) is 14.1. The Balaban J connectivity index is 1.40. The highest BCUT2D eigenvalue weighted by Crippen LogP contribution is 2.22. The third-order valence-electron chi connectivity index (χ3n) is 5.42. The fourth-order valence-electron chi connectivity index (χ4n) is 3.99. The van der Waals surface area contributed by atoms with Crippen LogP contribution in [0, 0.1) is 11.6 Å². The average Bonchev–Trinajstić information content (AvgIpc) is 3.01. The number of imidazole rings is 1. The summed E-state index contributed by atoms with van der Waals surface area (Å²) in [6.07, 6.45) is 5.55. The molecular weight excluding hydrogens is 326 g/mol. The third-order valence-corrected chi connectivity index (χ3v) is 5.42. The fourth-order valence-corrected chi connectivity index (χ4v) is 3.99. The molecule has 5 nitrogen and oxygen atoms in total. The third kappa shape index (κ3) is 3.25. The molecule has 1 amide bonds. The molecule has 0 spiro atoms. The number of amides is 1. The van der Waals surface area contributed by atoms with Crippen LogP contribution < -0.4 is 0 Å². The Morgan fingerprint density at radius 1 is 1.16 bits per heavy atom. The Labute approximate surface area is 145 Å². The van der Waals surface area contributed by atoms with Gasteiger partial charge in [0.2, 0.25) is 5.91 Å². The highest BCUT2D eigenvalue weighted by atomic mass is 19.2. The maximum Gasteiger partial charge on any atom is 0.224 e. The standard InChI is InChI=1S/C18H22F2N4O/c19-14-9-16-17(10-15(14)20)24(12-21-16)6-4-18(25)23-8-7-22-5-2-1-3-13(22)11-23/h9-10,12-13H,1-8,11H2. The summed E-state index contributed by atoms with van der Waals surface area (Å²) in [4.78, 5) is 21.1. The minimum atomic E-state index is -0.904. The summed E-state index contributed by atoms with van der Waals surface area (Å²) < 4.78 is 28.4. The van der Waals surface area contributed by atoms with Crippen molar-refractivity contribution in [3.8, 4) is 0 Å². The van der Waals surface area contributed by atoms with Crippen molar-refractivity contribution >= 4 is 16.9 Å². The van der Waals surface area contributed by atoms with E-state index in [0.29, 0.717) is 30.0 Å². The van der Waals surface area contributed by atoms with E-state index in [4.69, 9.17) is 0 Å². The van der Waals surface area contributed by atoms with Crippen LogP contribution in [-0.4, -0.2) is 57.5 Å². The number of nitrogens with zero attached hydrogens (tertiary/aromatic N) is 4. The van der Waals surface area contributed by atoms with Crippen molar-refractivity contribution in [1.82, 2.24) is 19.4 Å². The molecule has 0 saturated carbocycles. The van der Waals surface area contributed by atoms with Crippen LogP contribution in [-0.2, 0) is 11.3 Å². The van der Waals surface area contributed by atoms with Crippen molar-refractivity contribution < 1.29 is 13.6 Å². The number of rotatable bonds is 3. The molecule has 4 rings (SSSR count). The summed E-state index contributed by atoms with van der Waals surface area (Å²) in [5.41, 5.74) is 0.922. The number of aromatic nitrogens is 2. The summed E-state index contributed by atoms with van der Waals surface area (Å²) in [5.74, 6) is -1.68. The van der Waals surface area contributed by atoms with Crippen molar-refractivity contribution in [1.29, 1.82) is 0 Å². The van der Waals surface area contributed by atoms with Crippen LogP contribution >= 0.6 is 0 Å². The van der Waals surface area contributed by atoms with Crippen LogP contribution in [0.25, 0.3) is 11.0 Å². The monoisotopic (exact) mass is 348 g/mol. The number of carbonyl (C=O) groups is 1. The van der Waals surface area contributed by atoms with E-state index in [9.17, 15) is 13.6 Å². The predicted molar refractivity (Wildman–Crippen MR) is 90.1 cm³/mol. The summed E-state index contributed by atoms with van der Waals surface area (Å²) in [7, 11) is 0. The van der Waals surface area contributed by atoms with E-state index in [1.807, 2.05) is 4.90 Å². The molecule has 3 heterocycles. The van der Waals surface area contributed by atoms with Gasteiger partial charge < -0.3 is 9.47 Å². The lowest BCUT2D eigenvalue weighted by Gasteiger charge is -2.44. The van der Waals surface area contributed by atoms with Crippen molar-refractivity contribution in [2.75, 3.05) is 26.2 Å². The van der Waals surface area contributed by atoms with Crippen molar-refractivity contribution in [2.24, 2.45) is 0 Å². The molecule has 2 aromatic rings. The first-order valence-electron chi connectivity index (χ1n) is 8.93. The van der Waals surface area contributed by atoms with Gasteiger partial charge in [0.05, 0.1) is 17.4 Å². The Morgan fingerprint density at radius 3 is 2.88 bits per heavy atom. The molecule has 2 aliphatic rings. The Hall–Kier alpha value is -2.02. The minimum Gasteiger partial charge on any atom is -0.340 e. The lowest BCUT2D eigenvalue weighted by Crippen LogP contribution is -2.56. The number of aryl methyl sites for hydroxylation is 1. The molecule has 25 heavy (non-hydrogen) atoms. The van der Waals surface area contributed by atoms with Crippen molar-refractivity contribution in [3.63, 3.8) is 0 Å². The second-order valence-electron chi connectivity index (χ2n) is 6.97. The van der Waals surface area contributed by atoms with Crippen LogP contribution in [0.5, 0.6) is 0 Å². The van der Waals surface area contributed by atoms with Crippen LogP contribution in [0.15, 0.2) is 18.5 Å². The number of carbonyl (C=O) groups excluding carboxylic acids is 1. The zero-order valence-electron chi connectivity index (χ0n) is 14.1. The lowest BCUT2D eigenvalue weighted by atomic mass is 9.99. The first-order chi connectivity index (χ1) is 12.1. The van der Waals surface area contributed by atoms with Gasteiger partial charge >= 0.3 is 0 Å². The molecule has 1 atom stereocenters. The first kappa shape index (κ1) is 16.4. The van der Waals surface area contributed by atoms with Crippen LogP contribution in [0.1, 0.15) is 25.7 Å². The normalized spacial score (nSPS) is 21.5. The second-order valence-corrected chi connectivity index (χ2v) is 6.97. The Kier molecular flexibility index (Phi) is 4.41. The topological polar surface area (TPSA) is 41.4 Å². The van der Waals surface area contributed by atoms with E-state index in [0.717, 1.165) is 38.3 Å². The van der Waals surface area contributed by atoms with Gasteiger partial charge in [-0.15, -0.1) is 0 Å². The van der Waals surface area contributed by atoms with Crippen LogP contribution in [0.2, 0.25) is 0 Å². The number of hydrogen-bond donors (Lipinski definition) is 0. The van der Waals surface area contributed by atoms with Crippen LogP contribution in [0.4, 0.5) is 8.78 Å². The highest BCUT2D eigenvalue weighted by molar-refractivity contribution is 5.78. The summed E-state index contributed by atoms with van der Waals surface area (Å²) in [6.45, 7) is 4.11. The molecule has 1 unspecified atom stereocenters. The summed E-state index contributed by atoms with van der Waals surface area (Å²) in [5, 5.41) is 0. The van der Waals surface area contributed by atoms with E-state index >= 15 is 0 Å². The first-order valence-corrected chi connectivity index (χ1v) is 8.93. The predicted octanol–water partition coefficient (Wildman–Crippen LogP) is 2.40. The molecule has 2 fully saturated rings. The van der Waals surface area contributed by atoms with Crippen molar-refractivity contribution in [2.45, 2.75) is 38.3 Å². The van der Waals surface area contributed by atoms with Crippen molar-refractivity contribution in [3.05, 3.63) is 30.1 Å². The molecule has 1 aromatic heterocycles. The Bertz CT molecular complexity index is 791. The molecule has 0 N–H and O–H groups in total. The molecule has 2 saturated heterocycles. The molecule has 0 bridgehead atoms. The van der Waals surface area contributed by atoms with E-state index in [1.54, 1.807) is 4.57 Å². The van der Waals surface area contributed by atoms with Gasteiger partial charge in [0.15, 0.2) is 11.6 Å². The molecular formula is C18H22F2N4O. The smallest absolute Gasteiger partial charge is 0.224 e. The number of halogens is 2. The summed E-state index contributed by atoms with van der Waals surface area (Å²) >= 11 is 0. The number of fused-ring (bicyclic) bond motifs is 2. The lowest BCUT2D eigenvalue weighted by molar-refractivity contribution is -0.135. The Morgan fingerprint density at radius 2 is 2.00 bits per heavy atom. The zero-order chi connectivity index (χ0) is 17.4. The van der Waals surface area contributed by atoms with Gasteiger partial charge in [0.25, 0.3) is 0 Å². The maximum atomic E-state index is 13.5. The van der Waals surface area contributed by atoms with Gasteiger partial charge in [-0.2, -0.15) is 0 Å². The fraction of sp³-hybridized carbons (Fsp3) is 0.556. The van der Waals surface area contributed by atoms with Gasteiger partial charge in [-0.3, -0.25) is 9.69 Å². The molecule has 0 radical (unpaired) electrons. The van der Waals surface area contributed by atoms with Gasteiger partial charge in [0, 0.05) is 50.8 Å². The summed E-state index contributed by atoms with van der Waals surface area (Å²) in [6, 6.07) is 2.73. The number of hydrogen-bond acceptors (Lipinski definition) is 3. The minimum absolute atomic E-state index is 0.120. The quantitative estimate of drug-likeness (QED) is 0.855. The van der Waals surface area contributed by atoms with E-state index in [2.05, 4.69) is 9.88 Å². The van der Waals surface area contributed by atoms with Gasteiger partial charge in [-0.25, -0.2) is 13.8 Å². The number of piperazine rings is 1. The number of benzene rings is 1. The maximum absolute atomic E-state index is 13.5. The highest BCUT2D eigenvalue weighted by Gasteiger charge is 2.30. The van der Waals surface area contributed by atoms with Crippen LogP contribution in [0.3, 0.4) is 0 Å². The number of piperidine rings is 1. The molecule has 0 aliphatic carbocycles. The van der Waals surface area contributed by atoms with Gasteiger partial charge in [0.1, 0.15) is 0 Å². The molecule has 1 aromatic carbocycles. The van der Waals surface area contributed by atoms with Gasteiger partial charge in [-0.05, 0) is 19.4 Å². The van der Waals surface area contributed by atoms with E-state index < -0.39 is 11.6 Å².